The fraction of sp³-hybridized carbons (Fsp3) is 0.417. The van der Waals surface area contributed by atoms with Gasteiger partial charge in [-0.15, -0.1) is 0 Å². The number of ether oxygens (including phenoxy) is 1. The second-order valence-corrected chi connectivity index (χ2v) is 3.97. The van der Waals surface area contributed by atoms with Gasteiger partial charge in [0.15, 0.2) is 0 Å². The third-order valence-corrected chi connectivity index (χ3v) is 2.82. The molecule has 4 heteroatoms. The Labute approximate surface area is 95.5 Å². The summed E-state index contributed by atoms with van der Waals surface area (Å²) in [5, 5.41) is 0. The summed E-state index contributed by atoms with van der Waals surface area (Å²) >= 11 is 0. The van der Waals surface area contributed by atoms with Gasteiger partial charge in [0.2, 0.25) is 0 Å². The quantitative estimate of drug-likeness (QED) is 0.598. The van der Waals surface area contributed by atoms with E-state index in [9.17, 15) is 0 Å². The monoisotopic (exact) mass is 219 g/mol. The van der Waals surface area contributed by atoms with Crippen molar-refractivity contribution >= 4 is 0 Å². The van der Waals surface area contributed by atoms with Crippen LogP contribution in [-0.4, -0.2) is 11.6 Å². The lowest BCUT2D eigenvalue weighted by atomic mass is 9.97. The maximum Gasteiger partial charge on any atom is 0.0876 e. The molecule has 3 N–H and O–H groups in total. The zero-order valence-corrected chi connectivity index (χ0v) is 9.44. The smallest absolute Gasteiger partial charge is 0.0876 e. The van der Waals surface area contributed by atoms with E-state index in [1.54, 1.807) is 6.20 Å². The van der Waals surface area contributed by atoms with Crippen LogP contribution in [0.3, 0.4) is 0 Å². The Balaban J connectivity index is 2.28. The van der Waals surface area contributed by atoms with Crippen LogP contribution in [-0.2, 0) is 4.74 Å². The molecule has 1 unspecified atom stereocenters. The molecule has 0 radical (unpaired) electrons. The van der Waals surface area contributed by atoms with E-state index in [2.05, 4.69) is 10.4 Å². The van der Waals surface area contributed by atoms with Crippen molar-refractivity contribution in [1.82, 2.24) is 10.4 Å². The summed E-state index contributed by atoms with van der Waals surface area (Å²) in [6.45, 7) is 2.83. The first-order valence-corrected chi connectivity index (χ1v) is 5.51. The highest BCUT2D eigenvalue weighted by Crippen LogP contribution is 2.27. The Kier molecular flexibility index (Phi) is 3.54. The fourth-order valence-electron chi connectivity index (χ4n) is 1.96. The van der Waals surface area contributed by atoms with E-state index >= 15 is 0 Å². The molecule has 0 fully saturated rings. The first kappa shape index (κ1) is 11.1. The number of hydrogen-bond donors (Lipinski definition) is 2. The van der Waals surface area contributed by atoms with Crippen LogP contribution in [0.2, 0.25) is 0 Å². The maximum absolute atomic E-state index is 5.62. The summed E-state index contributed by atoms with van der Waals surface area (Å²) in [5.74, 6) is 5.62. The van der Waals surface area contributed by atoms with Gasteiger partial charge < -0.3 is 4.74 Å². The number of rotatable bonds is 3. The van der Waals surface area contributed by atoms with Gasteiger partial charge in [-0.3, -0.25) is 10.8 Å². The van der Waals surface area contributed by atoms with Crippen molar-refractivity contribution in [3.8, 4) is 0 Å². The standard InChI is InChI=1S/C12H17N3O/c1-9-4-2-6-14-11(9)12(15-13)10-5-3-7-16-8-10/h2,4,6,8,12,15H,3,5,7,13H2,1H3. The molecule has 2 heterocycles. The molecular formula is C12H17N3O. The molecule has 1 aliphatic heterocycles. The van der Waals surface area contributed by atoms with Crippen molar-refractivity contribution in [2.24, 2.45) is 5.84 Å². The van der Waals surface area contributed by atoms with Crippen molar-refractivity contribution < 1.29 is 4.74 Å². The van der Waals surface area contributed by atoms with Gasteiger partial charge in [-0.1, -0.05) is 6.07 Å². The Hall–Kier alpha value is -1.39. The second-order valence-electron chi connectivity index (χ2n) is 3.97. The van der Waals surface area contributed by atoms with Gasteiger partial charge in [0, 0.05) is 6.20 Å². The lowest BCUT2D eigenvalue weighted by Crippen LogP contribution is -2.31. The van der Waals surface area contributed by atoms with E-state index < -0.39 is 0 Å². The van der Waals surface area contributed by atoms with Crippen LogP contribution in [0.1, 0.15) is 30.1 Å². The van der Waals surface area contributed by atoms with Gasteiger partial charge in [-0.05, 0) is 37.0 Å². The van der Waals surface area contributed by atoms with E-state index in [1.165, 1.54) is 0 Å². The number of hydrazine groups is 1. The Morgan fingerprint density at radius 3 is 3.06 bits per heavy atom. The Bertz CT molecular complexity index is 390. The largest absolute Gasteiger partial charge is 0.501 e. The van der Waals surface area contributed by atoms with Crippen LogP contribution in [0.15, 0.2) is 30.2 Å². The van der Waals surface area contributed by atoms with Crippen molar-refractivity contribution in [2.45, 2.75) is 25.8 Å². The molecule has 0 aromatic carbocycles. The molecule has 16 heavy (non-hydrogen) atoms. The number of hydrogen-bond acceptors (Lipinski definition) is 4. The zero-order valence-electron chi connectivity index (χ0n) is 9.44. The number of aromatic nitrogens is 1. The number of aryl methyl sites for hydroxylation is 1. The van der Waals surface area contributed by atoms with Crippen LogP contribution >= 0.6 is 0 Å². The molecule has 0 bridgehead atoms. The lowest BCUT2D eigenvalue weighted by molar-refractivity contribution is 0.219. The molecule has 0 amide bonds. The maximum atomic E-state index is 5.62. The molecule has 4 nitrogen and oxygen atoms in total. The minimum Gasteiger partial charge on any atom is -0.501 e. The van der Waals surface area contributed by atoms with Crippen molar-refractivity contribution in [3.63, 3.8) is 0 Å². The summed E-state index contributed by atoms with van der Waals surface area (Å²) in [7, 11) is 0. The lowest BCUT2D eigenvalue weighted by Gasteiger charge is -2.23. The van der Waals surface area contributed by atoms with Crippen LogP contribution < -0.4 is 11.3 Å². The minimum atomic E-state index is -0.0403. The molecule has 2 rings (SSSR count). The molecule has 1 aliphatic rings. The number of nitrogens with one attached hydrogen (secondary N) is 1. The molecule has 0 saturated carbocycles. The van der Waals surface area contributed by atoms with Crippen LogP contribution in [0.25, 0.3) is 0 Å². The highest BCUT2D eigenvalue weighted by molar-refractivity contribution is 5.28. The fourth-order valence-corrected chi connectivity index (χ4v) is 1.96. The summed E-state index contributed by atoms with van der Waals surface area (Å²) in [6.07, 6.45) is 5.64. The zero-order chi connectivity index (χ0) is 11.4. The van der Waals surface area contributed by atoms with Crippen LogP contribution in [0.5, 0.6) is 0 Å². The average molecular weight is 219 g/mol. The van der Waals surface area contributed by atoms with Gasteiger partial charge in [0.25, 0.3) is 0 Å². The average Bonchev–Trinajstić information content (AvgIpc) is 2.34. The topological polar surface area (TPSA) is 60.2 Å². The highest BCUT2D eigenvalue weighted by Gasteiger charge is 2.20. The van der Waals surface area contributed by atoms with Crippen molar-refractivity contribution in [1.29, 1.82) is 0 Å². The number of pyridine rings is 1. The highest BCUT2D eigenvalue weighted by atomic mass is 16.5. The number of nitrogens with zero attached hydrogens (tertiary/aromatic N) is 1. The summed E-state index contributed by atoms with van der Waals surface area (Å²) in [6, 6.07) is 3.93. The number of nitrogens with two attached hydrogens (primary N) is 1. The summed E-state index contributed by atoms with van der Waals surface area (Å²) < 4.78 is 5.34. The van der Waals surface area contributed by atoms with E-state index in [0.717, 1.165) is 36.3 Å². The van der Waals surface area contributed by atoms with E-state index in [-0.39, 0.29) is 6.04 Å². The Morgan fingerprint density at radius 2 is 2.44 bits per heavy atom. The first-order valence-electron chi connectivity index (χ1n) is 5.51. The van der Waals surface area contributed by atoms with Crippen LogP contribution in [0.4, 0.5) is 0 Å². The summed E-state index contributed by atoms with van der Waals surface area (Å²) in [4.78, 5) is 4.39. The van der Waals surface area contributed by atoms with Gasteiger partial charge in [-0.2, -0.15) is 0 Å². The van der Waals surface area contributed by atoms with Crippen molar-refractivity contribution in [3.05, 3.63) is 41.4 Å². The molecule has 0 aliphatic carbocycles. The van der Waals surface area contributed by atoms with Gasteiger partial charge in [-0.25, -0.2) is 5.43 Å². The molecule has 1 atom stereocenters. The van der Waals surface area contributed by atoms with E-state index in [0.29, 0.717) is 0 Å². The second kappa shape index (κ2) is 5.09. The Morgan fingerprint density at radius 1 is 1.56 bits per heavy atom. The minimum absolute atomic E-state index is 0.0403. The SMILES string of the molecule is Cc1cccnc1C(NN)C1=COCCC1. The van der Waals surface area contributed by atoms with Gasteiger partial charge >= 0.3 is 0 Å². The first-order chi connectivity index (χ1) is 7.83. The van der Waals surface area contributed by atoms with Crippen LogP contribution in [0, 0.1) is 6.92 Å². The van der Waals surface area contributed by atoms with Crippen molar-refractivity contribution in [2.75, 3.05) is 6.61 Å². The molecule has 86 valence electrons. The molecule has 0 spiro atoms. The summed E-state index contributed by atoms with van der Waals surface area (Å²) in [5.41, 5.74) is 6.09. The molecule has 0 saturated heterocycles. The normalized spacial score (nSPS) is 17.5. The predicted octanol–water partition coefficient (Wildman–Crippen LogP) is 1.59. The van der Waals surface area contributed by atoms with Gasteiger partial charge in [0.05, 0.1) is 24.6 Å². The molecule has 1 aromatic rings. The van der Waals surface area contributed by atoms with E-state index in [4.69, 9.17) is 10.6 Å². The third kappa shape index (κ3) is 2.23. The van der Waals surface area contributed by atoms with Gasteiger partial charge in [0.1, 0.15) is 0 Å². The van der Waals surface area contributed by atoms with E-state index in [1.807, 2.05) is 25.3 Å². The molecular weight excluding hydrogens is 202 g/mol. The third-order valence-electron chi connectivity index (χ3n) is 2.82. The molecule has 1 aromatic heterocycles. The predicted molar refractivity (Wildman–Crippen MR) is 62.3 cm³/mol.